The van der Waals surface area contributed by atoms with E-state index in [1.165, 1.54) is 18.4 Å². The fourth-order valence-corrected chi connectivity index (χ4v) is 2.06. The number of nitrogens with two attached hydrogens (primary N) is 1. The maximum Gasteiger partial charge on any atom is 0.130 e. The molecule has 0 atom stereocenters. The Morgan fingerprint density at radius 1 is 1.25 bits per heavy atom. The molecule has 20 heavy (non-hydrogen) atoms. The lowest BCUT2D eigenvalue weighted by Crippen LogP contribution is -2.09. The molecule has 2 rings (SSSR count). The maximum atomic E-state index is 5.62. The predicted molar refractivity (Wildman–Crippen MR) is 88.5 cm³/mol. The summed E-state index contributed by atoms with van der Waals surface area (Å²) < 4.78 is 0. The van der Waals surface area contributed by atoms with Crippen LogP contribution in [0.1, 0.15) is 30.9 Å². The van der Waals surface area contributed by atoms with E-state index in [2.05, 4.69) is 41.5 Å². The number of anilines is 2. The van der Waals surface area contributed by atoms with E-state index in [1.807, 2.05) is 6.07 Å². The summed E-state index contributed by atoms with van der Waals surface area (Å²) in [4.78, 5) is 4.64. The number of aromatic nitrogens is 1. The van der Waals surface area contributed by atoms with Gasteiger partial charge >= 0.3 is 0 Å². The number of nitrogens with zero attached hydrogens (tertiary/aromatic N) is 1. The lowest BCUT2D eigenvalue weighted by atomic mass is 10.1. The summed E-state index contributed by atoms with van der Waals surface area (Å²) in [6, 6.07) is 12.1. The molecule has 0 saturated carbocycles. The molecule has 1 aromatic heterocycles. The van der Waals surface area contributed by atoms with Crippen LogP contribution in [0.4, 0.5) is 11.5 Å². The number of hydrogen-bond donors (Lipinski definition) is 2. The van der Waals surface area contributed by atoms with Crippen molar-refractivity contribution in [1.82, 2.24) is 4.98 Å². The molecule has 0 spiro atoms. The highest BCUT2D eigenvalue weighted by Gasteiger charge is 2.00. The van der Waals surface area contributed by atoms with Crippen LogP contribution in [0.3, 0.4) is 0 Å². The summed E-state index contributed by atoms with van der Waals surface area (Å²) in [6.45, 7) is 2.20. The lowest BCUT2D eigenvalue weighted by Gasteiger charge is -2.08. The van der Waals surface area contributed by atoms with Crippen LogP contribution in [0.5, 0.6) is 0 Å². The highest BCUT2D eigenvalue weighted by molar-refractivity contribution is 7.80. The third-order valence-corrected chi connectivity index (χ3v) is 3.33. The lowest BCUT2D eigenvalue weighted by molar-refractivity contribution is 0.795. The molecule has 0 aliphatic rings. The number of unbranched alkanes of at least 4 members (excludes halogenated alkanes) is 1. The molecule has 0 unspecified atom stereocenters. The Hall–Kier alpha value is -1.94. The normalized spacial score (nSPS) is 10.2. The molecule has 0 amide bonds. The standard InChI is InChI=1S/C16H19N3S/c1-2-3-4-12-5-7-14(8-6-12)19-15-11-13(16(17)20)9-10-18-15/h5-11H,2-4H2,1H3,(H2,17,20)(H,18,19). The second-order valence-electron chi connectivity index (χ2n) is 4.72. The minimum atomic E-state index is 0.380. The Bertz CT molecular complexity index is 579. The van der Waals surface area contributed by atoms with Gasteiger partial charge in [0, 0.05) is 17.4 Å². The first-order valence-electron chi connectivity index (χ1n) is 6.81. The highest BCUT2D eigenvalue weighted by atomic mass is 32.1. The molecule has 0 radical (unpaired) electrons. The van der Waals surface area contributed by atoms with Crippen molar-refractivity contribution < 1.29 is 0 Å². The zero-order valence-corrected chi connectivity index (χ0v) is 12.4. The van der Waals surface area contributed by atoms with Crippen molar-refractivity contribution in [3.63, 3.8) is 0 Å². The first-order chi connectivity index (χ1) is 9.69. The second-order valence-corrected chi connectivity index (χ2v) is 5.16. The number of aryl methyl sites for hydroxylation is 1. The average Bonchev–Trinajstić information content (AvgIpc) is 2.47. The van der Waals surface area contributed by atoms with Gasteiger partial charge < -0.3 is 11.1 Å². The topological polar surface area (TPSA) is 50.9 Å². The van der Waals surface area contributed by atoms with E-state index in [9.17, 15) is 0 Å². The van der Waals surface area contributed by atoms with Crippen LogP contribution in [-0.4, -0.2) is 9.97 Å². The minimum Gasteiger partial charge on any atom is -0.389 e. The van der Waals surface area contributed by atoms with Gasteiger partial charge in [0.1, 0.15) is 10.8 Å². The van der Waals surface area contributed by atoms with Gasteiger partial charge in [0.05, 0.1) is 0 Å². The van der Waals surface area contributed by atoms with Gasteiger partial charge in [0.25, 0.3) is 0 Å². The van der Waals surface area contributed by atoms with Crippen molar-refractivity contribution in [3.05, 3.63) is 53.7 Å². The van der Waals surface area contributed by atoms with E-state index < -0.39 is 0 Å². The SMILES string of the molecule is CCCCc1ccc(Nc2cc(C(N)=S)ccn2)cc1. The van der Waals surface area contributed by atoms with Gasteiger partial charge in [-0.05, 0) is 42.7 Å². The van der Waals surface area contributed by atoms with Crippen molar-refractivity contribution in [2.75, 3.05) is 5.32 Å². The maximum absolute atomic E-state index is 5.62. The van der Waals surface area contributed by atoms with Crippen LogP contribution in [0, 0.1) is 0 Å². The number of thiocarbonyl (C=S) groups is 1. The minimum absolute atomic E-state index is 0.380. The molecule has 0 bridgehead atoms. The molecule has 0 fully saturated rings. The van der Waals surface area contributed by atoms with Crippen molar-refractivity contribution in [1.29, 1.82) is 0 Å². The Kier molecular flexibility index (Phi) is 5.07. The molecule has 0 saturated heterocycles. The fourth-order valence-electron chi connectivity index (χ4n) is 1.94. The molecule has 1 heterocycles. The van der Waals surface area contributed by atoms with E-state index in [-0.39, 0.29) is 0 Å². The Morgan fingerprint density at radius 2 is 2.00 bits per heavy atom. The Labute approximate surface area is 125 Å². The highest BCUT2D eigenvalue weighted by Crippen LogP contribution is 2.17. The van der Waals surface area contributed by atoms with Gasteiger partial charge in [-0.15, -0.1) is 0 Å². The molecule has 3 nitrogen and oxygen atoms in total. The van der Waals surface area contributed by atoms with Gasteiger partial charge in [0.2, 0.25) is 0 Å². The predicted octanol–water partition coefficient (Wildman–Crippen LogP) is 3.80. The number of rotatable bonds is 6. The van der Waals surface area contributed by atoms with Crippen LogP contribution in [-0.2, 0) is 6.42 Å². The number of benzene rings is 1. The molecule has 0 aliphatic heterocycles. The molecule has 2 aromatic rings. The molecular formula is C16H19N3S. The summed E-state index contributed by atoms with van der Waals surface area (Å²) in [5.41, 5.74) is 8.81. The third-order valence-electron chi connectivity index (χ3n) is 3.09. The molecule has 1 aromatic carbocycles. The summed E-state index contributed by atoms with van der Waals surface area (Å²) in [6.07, 6.45) is 5.28. The fraction of sp³-hybridized carbons (Fsp3) is 0.250. The van der Waals surface area contributed by atoms with Crippen molar-refractivity contribution in [3.8, 4) is 0 Å². The van der Waals surface area contributed by atoms with Crippen LogP contribution in [0.15, 0.2) is 42.6 Å². The average molecular weight is 285 g/mol. The molecule has 0 aliphatic carbocycles. The van der Waals surface area contributed by atoms with Crippen molar-refractivity contribution in [2.24, 2.45) is 5.73 Å². The van der Waals surface area contributed by atoms with E-state index >= 15 is 0 Å². The molecule has 3 N–H and O–H groups in total. The van der Waals surface area contributed by atoms with Gasteiger partial charge in [-0.1, -0.05) is 37.7 Å². The zero-order valence-electron chi connectivity index (χ0n) is 11.6. The molecule has 104 valence electrons. The Morgan fingerprint density at radius 3 is 2.65 bits per heavy atom. The van der Waals surface area contributed by atoms with E-state index in [4.69, 9.17) is 18.0 Å². The van der Waals surface area contributed by atoms with Gasteiger partial charge in [0.15, 0.2) is 0 Å². The number of pyridine rings is 1. The molecular weight excluding hydrogens is 266 g/mol. The van der Waals surface area contributed by atoms with Gasteiger partial charge in [-0.3, -0.25) is 0 Å². The van der Waals surface area contributed by atoms with E-state index in [1.54, 1.807) is 12.3 Å². The Balaban J connectivity index is 2.06. The van der Waals surface area contributed by atoms with Crippen LogP contribution < -0.4 is 11.1 Å². The van der Waals surface area contributed by atoms with Crippen molar-refractivity contribution in [2.45, 2.75) is 26.2 Å². The smallest absolute Gasteiger partial charge is 0.130 e. The van der Waals surface area contributed by atoms with Crippen LogP contribution in [0.25, 0.3) is 0 Å². The van der Waals surface area contributed by atoms with E-state index in [0.717, 1.165) is 23.5 Å². The second kappa shape index (κ2) is 7.01. The summed E-state index contributed by atoms with van der Waals surface area (Å²) in [7, 11) is 0. The van der Waals surface area contributed by atoms with Gasteiger partial charge in [-0.2, -0.15) is 0 Å². The number of nitrogens with one attached hydrogen (secondary N) is 1. The quantitative estimate of drug-likeness (QED) is 0.793. The molecule has 4 heteroatoms. The summed E-state index contributed by atoms with van der Waals surface area (Å²) in [5, 5.41) is 3.26. The summed E-state index contributed by atoms with van der Waals surface area (Å²) in [5.74, 6) is 0.747. The largest absolute Gasteiger partial charge is 0.389 e. The monoisotopic (exact) mass is 285 g/mol. The van der Waals surface area contributed by atoms with Crippen LogP contribution in [0.2, 0.25) is 0 Å². The first-order valence-corrected chi connectivity index (χ1v) is 7.21. The van der Waals surface area contributed by atoms with E-state index in [0.29, 0.717) is 4.99 Å². The first kappa shape index (κ1) is 14.5. The number of hydrogen-bond acceptors (Lipinski definition) is 3. The van der Waals surface area contributed by atoms with Gasteiger partial charge in [-0.25, -0.2) is 4.98 Å². The van der Waals surface area contributed by atoms with Crippen molar-refractivity contribution >= 4 is 28.7 Å². The zero-order chi connectivity index (χ0) is 14.4. The van der Waals surface area contributed by atoms with Crippen LogP contribution >= 0.6 is 12.2 Å². The summed E-state index contributed by atoms with van der Waals surface area (Å²) >= 11 is 4.97. The third kappa shape index (κ3) is 4.03.